The van der Waals surface area contributed by atoms with E-state index in [-0.39, 0.29) is 0 Å². The molecule has 2 rings (SSSR count). The minimum atomic E-state index is 0.445. The second-order valence-electron chi connectivity index (χ2n) is 3.16. The molecule has 0 aromatic carbocycles. The van der Waals surface area contributed by atoms with Gasteiger partial charge in [-0.25, -0.2) is 4.98 Å². The number of aromatic nitrogens is 3. The molecule has 2 aromatic heterocycles. The molecule has 0 saturated heterocycles. The van der Waals surface area contributed by atoms with Crippen LogP contribution in [0.2, 0.25) is 0 Å². The Balaban J connectivity index is 2.47. The van der Waals surface area contributed by atoms with Gasteiger partial charge in [0, 0.05) is 25.0 Å². The Morgan fingerprint density at radius 2 is 2.27 bits per heavy atom. The number of anilines is 1. The van der Waals surface area contributed by atoms with Gasteiger partial charge in [-0.2, -0.15) is 5.10 Å². The van der Waals surface area contributed by atoms with Crippen LogP contribution in [-0.2, 0) is 7.05 Å². The van der Waals surface area contributed by atoms with Gasteiger partial charge in [-0.15, -0.1) is 0 Å². The first-order valence-electron chi connectivity index (χ1n) is 4.50. The van der Waals surface area contributed by atoms with Crippen LogP contribution in [0.4, 0.5) is 5.69 Å². The average molecular weight is 204 g/mol. The molecular formula is C10H12N4O. The summed E-state index contributed by atoms with van der Waals surface area (Å²) >= 11 is 0. The Hall–Kier alpha value is -2.04. The molecule has 0 aliphatic heterocycles. The summed E-state index contributed by atoms with van der Waals surface area (Å²) in [4.78, 5) is 4.11. The Morgan fingerprint density at radius 3 is 2.80 bits per heavy atom. The summed E-state index contributed by atoms with van der Waals surface area (Å²) in [6.07, 6.45) is 3.45. The van der Waals surface area contributed by atoms with Crippen molar-refractivity contribution in [3.63, 3.8) is 0 Å². The highest BCUT2D eigenvalue weighted by Gasteiger charge is 2.06. The fourth-order valence-electron chi connectivity index (χ4n) is 1.44. The van der Waals surface area contributed by atoms with Crippen LogP contribution in [0.5, 0.6) is 5.88 Å². The number of nitrogen functional groups attached to an aromatic ring is 1. The van der Waals surface area contributed by atoms with E-state index in [9.17, 15) is 0 Å². The maximum Gasteiger partial charge on any atom is 0.236 e. The molecule has 78 valence electrons. The van der Waals surface area contributed by atoms with Crippen LogP contribution in [0.15, 0.2) is 24.5 Å². The van der Waals surface area contributed by atoms with Crippen LogP contribution < -0.4 is 10.5 Å². The highest BCUT2D eigenvalue weighted by Crippen LogP contribution is 2.24. The zero-order valence-electron chi connectivity index (χ0n) is 8.64. The number of hydrogen-bond donors (Lipinski definition) is 1. The smallest absolute Gasteiger partial charge is 0.236 e. The summed E-state index contributed by atoms with van der Waals surface area (Å²) in [6, 6.07) is 3.73. The van der Waals surface area contributed by atoms with Crippen LogP contribution >= 0.6 is 0 Å². The molecule has 0 aliphatic rings. The van der Waals surface area contributed by atoms with Gasteiger partial charge in [-0.1, -0.05) is 0 Å². The van der Waals surface area contributed by atoms with Crippen molar-refractivity contribution in [2.24, 2.45) is 7.05 Å². The monoisotopic (exact) mass is 204 g/mol. The third kappa shape index (κ3) is 1.63. The zero-order valence-corrected chi connectivity index (χ0v) is 8.64. The molecule has 0 fully saturated rings. The normalized spacial score (nSPS) is 10.3. The van der Waals surface area contributed by atoms with E-state index < -0.39 is 0 Å². The summed E-state index contributed by atoms with van der Waals surface area (Å²) in [6.45, 7) is 0. The highest BCUT2D eigenvalue weighted by atomic mass is 16.5. The number of methoxy groups -OCH3 is 1. The molecule has 0 atom stereocenters. The standard InChI is InChI=1S/C10H12N4O/c1-14-9(3-4-13-14)7-5-8(11)10(15-2)12-6-7/h3-6H,11H2,1-2H3. The van der Waals surface area contributed by atoms with Crippen LogP contribution in [0.3, 0.4) is 0 Å². The summed E-state index contributed by atoms with van der Waals surface area (Å²) in [7, 11) is 3.41. The van der Waals surface area contributed by atoms with Gasteiger partial charge in [0.05, 0.1) is 18.5 Å². The quantitative estimate of drug-likeness (QED) is 0.794. The fourth-order valence-corrected chi connectivity index (χ4v) is 1.44. The number of nitrogens with zero attached hydrogens (tertiary/aromatic N) is 3. The molecule has 0 amide bonds. The predicted molar refractivity (Wildman–Crippen MR) is 57.4 cm³/mol. The van der Waals surface area contributed by atoms with E-state index in [1.54, 1.807) is 24.2 Å². The fraction of sp³-hybridized carbons (Fsp3) is 0.200. The van der Waals surface area contributed by atoms with Gasteiger partial charge < -0.3 is 10.5 Å². The Labute approximate surface area is 87.5 Å². The van der Waals surface area contributed by atoms with Gasteiger partial charge in [0.25, 0.3) is 0 Å². The van der Waals surface area contributed by atoms with Crippen molar-refractivity contribution in [1.29, 1.82) is 0 Å². The maximum atomic E-state index is 5.77. The van der Waals surface area contributed by atoms with Gasteiger partial charge >= 0.3 is 0 Å². The van der Waals surface area contributed by atoms with E-state index >= 15 is 0 Å². The Morgan fingerprint density at radius 1 is 1.47 bits per heavy atom. The van der Waals surface area contributed by atoms with E-state index in [2.05, 4.69) is 10.1 Å². The molecule has 0 aliphatic carbocycles. The predicted octanol–water partition coefficient (Wildman–Crippen LogP) is 1.07. The third-order valence-corrected chi connectivity index (χ3v) is 2.19. The van der Waals surface area contributed by atoms with Crippen molar-refractivity contribution in [2.45, 2.75) is 0 Å². The van der Waals surface area contributed by atoms with E-state index in [0.717, 1.165) is 11.3 Å². The first-order valence-corrected chi connectivity index (χ1v) is 4.50. The van der Waals surface area contributed by atoms with Crippen molar-refractivity contribution in [3.8, 4) is 17.1 Å². The molecule has 15 heavy (non-hydrogen) atoms. The maximum absolute atomic E-state index is 5.77. The lowest BCUT2D eigenvalue weighted by molar-refractivity contribution is 0.400. The van der Waals surface area contributed by atoms with Gasteiger partial charge in [-0.05, 0) is 12.1 Å². The molecule has 2 heterocycles. The minimum absolute atomic E-state index is 0.445. The number of pyridine rings is 1. The lowest BCUT2D eigenvalue weighted by atomic mass is 10.2. The average Bonchev–Trinajstić information content (AvgIpc) is 2.64. The molecule has 0 saturated carbocycles. The zero-order chi connectivity index (χ0) is 10.8. The van der Waals surface area contributed by atoms with Crippen molar-refractivity contribution in [1.82, 2.24) is 14.8 Å². The summed E-state index contributed by atoms with van der Waals surface area (Å²) < 4.78 is 6.76. The summed E-state index contributed by atoms with van der Waals surface area (Å²) in [5.41, 5.74) is 8.19. The Kier molecular flexibility index (Phi) is 2.29. The van der Waals surface area contributed by atoms with Crippen molar-refractivity contribution in [2.75, 3.05) is 12.8 Å². The lowest BCUT2D eigenvalue weighted by Gasteiger charge is -2.06. The summed E-state index contributed by atoms with van der Waals surface area (Å²) in [5, 5.41) is 4.08. The molecule has 2 aromatic rings. The van der Waals surface area contributed by atoms with E-state index in [1.165, 1.54) is 0 Å². The largest absolute Gasteiger partial charge is 0.480 e. The van der Waals surface area contributed by atoms with E-state index in [0.29, 0.717) is 11.6 Å². The van der Waals surface area contributed by atoms with Gasteiger partial charge in [0.15, 0.2) is 0 Å². The lowest BCUT2D eigenvalue weighted by Crippen LogP contribution is -1.98. The minimum Gasteiger partial charge on any atom is -0.480 e. The van der Waals surface area contributed by atoms with E-state index in [4.69, 9.17) is 10.5 Å². The summed E-state index contributed by atoms with van der Waals surface area (Å²) in [5.74, 6) is 0.445. The van der Waals surface area contributed by atoms with E-state index in [1.807, 2.05) is 19.2 Å². The number of hydrogen-bond acceptors (Lipinski definition) is 4. The Bertz CT molecular complexity index is 478. The topological polar surface area (TPSA) is 66.0 Å². The number of aryl methyl sites for hydroxylation is 1. The molecule has 5 heteroatoms. The van der Waals surface area contributed by atoms with Crippen LogP contribution in [-0.4, -0.2) is 21.9 Å². The van der Waals surface area contributed by atoms with Crippen LogP contribution in [0.1, 0.15) is 0 Å². The number of rotatable bonds is 2. The molecule has 0 unspecified atom stereocenters. The van der Waals surface area contributed by atoms with Crippen molar-refractivity contribution < 1.29 is 4.74 Å². The second kappa shape index (κ2) is 3.61. The van der Waals surface area contributed by atoms with Crippen LogP contribution in [0.25, 0.3) is 11.3 Å². The molecular weight excluding hydrogens is 192 g/mol. The molecule has 0 radical (unpaired) electrons. The first kappa shape index (κ1) is 9.51. The van der Waals surface area contributed by atoms with Gasteiger partial charge in [-0.3, -0.25) is 4.68 Å². The van der Waals surface area contributed by atoms with Crippen molar-refractivity contribution in [3.05, 3.63) is 24.5 Å². The molecule has 5 nitrogen and oxygen atoms in total. The second-order valence-corrected chi connectivity index (χ2v) is 3.16. The van der Waals surface area contributed by atoms with Gasteiger partial charge in [0.1, 0.15) is 0 Å². The molecule has 0 spiro atoms. The first-order chi connectivity index (χ1) is 7.22. The SMILES string of the molecule is COc1ncc(-c2ccnn2C)cc1N. The highest BCUT2D eigenvalue weighted by molar-refractivity contribution is 5.65. The third-order valence-electron chi connectivity index (χ3n) is 2.19. The van der Waals surface area contributed by atoms with Crippen LogP contribution in [0, 0.1) is 0 Å². The van der Waals surface area contributed by atoms with Crippen molar-refractivity contribution >= 4 is 5.69 Å². The number of ether oxygens (including phenoxy) is 1. The van der Waals surface area contributed by atoms with Gasteiger partial charge in [0.2, 0.25) is 5.88 Å². The molecule has 0 bridgehead atoms. The molecule has 2 N–H and O–H groups in total. The number of nitrogens with two attached hydrogens (primary N) is 1.